The minimum atomic E-state index is 0.456. The number of rotatable bonds is 8. The minimum Gasteiger partial charge on any atom is -0.489 e. The predicted octanol–water partition coefficient (Wildman–Crippen LogP) is 2.83. The molecule has 5 aromatic rings. The van der Waals surface area contributed by atoms with Gasteiger partial charge in [-0.05, 0) is 35.9 Å². The smallest absolute Gasteiger partial charge is 0.221 e. The van der Waals surface area contributed by atoms with E-state index >= 15 is 0 Å². The van der Waals surface area contributed by atoms with Crippen LogP contribution in [0, 0.1) is 0 Å². The molecule has 1 aromatic carbocycles. The molecule has 0 aliphatic carbocycles. The topological polar surface area (TPSA) is 101 Å². The van der Waals surface area contributed by atoms with Gasteiger partial charge in [0.2, 0.25) is 5.65 Å². The van der Waals surface area contributed by atoms with Crippen LogP contribution in [-0.2, 0) is 17.7 Å². The molecule has 0 atom stereocenters. The molecule has 5 rings (SSSR count). The van der Waals surface area contributed by atoms with Gasteiger partial charge in [0.15, 0.2) is 5.65 Å². The summed E-state index contributed by atoms with van der Waals surface area (Å²) < 4.78 is 12.6. The predicted molar refractivity (Wildman–Crippen MR) is 118 cm³/mol. The van der Waals surface area contributed by atoms with Gasteiger partial charge in [-0.25, -0.2) is 14.6 Å². The third-order valence-corrected chi connectivity index (χ3v) is 5.02. The van der Waals surface area contributed by atoms with Crippen LogP contribution in [0.4, 0.5) is 0 Å². The van der Waals surface area contributed by atoms with Crippen molar-refractivity contribution in [3.63, 3.8) is 0 Å². The maximum absolute atomic E-state index is 5.79. The summed E-state index contributed by atoms with van der Waals surface area (Å²) in [6.07, 6.45) is 5.72. The summed E-state index contributed by atoms with van der Waals surface area (Å²) >= 11 is 0. The van der Waals surface area contributed by atoms with Gasteiger partial charge in [0.25, 0.3) is 0 Å². The van der Waals surface area contributed by atoms with E-state index in [1.54, 1.807) is 30.4 Å². The lowest BCUT2D eigenvalue weighted by Crippen LogP contribution is -2.08. The summed E-state index contributed by atoms with van der Waals surface area (Å²) in [5.74, 6) is 0.711. The summed E-state index contributed by atoms with van der Waals surface area (Å²) in [5.41, 5.74) is 4.74. The van der Waals surface area contributed by atoms with Crippen LogP contribution in [0.25, 0.3) is 22.2 Å². The first-order valence-corrected chi connectivity index (χ1v) is 10.2. The van der Waals surface area contributed by atoms with Crippen molar-refractivity contribution in [2.45, 2.75) is 13.0 Å². The van der Waals surface area contributed by atoms with E-state index in [0.717, 1.165) is 27.9 Å². The van der Waals surface area contributed by atoms with E-state index in [2.05, 4.69) is 31.3 Å². The van der Waals surface area contributed by atoms with E-state index in [9.17, 15) is 0 Å². The largest absolute Gasteiger partial charge is 0.489 e. The Hall–Kier alpha value is -3.98. The normalized spacial score (nSPS) is 11.3. The first-order chi connectivity index (χ1) is 15.8. The summed E-state index contributed by atoms with van der Waals surface area (Å²) in [6.45, 7) is 1.50. The summed E-state index contributed by atoms with van der Waals surface area (Å²) in [5, 5.41) is 9.50. The van der Waals surface area contributed by atoms with Crippen molar-refractivity contribution in [3.05, 3.63) is 78.0 Å². The van der Waals surface area contributed by atoms with Crippen molar-refractivity contribution in [1.82, 2.24) is 34.9 Å². The molecule has 0 saturated carbocycles. The number of hydrogen-bond donors (Lipinski definition) is 0. The van der Waals surface area contributed by atoms with E-state index in [0.29, 0.717) is 43.2 Å². The van der Waals surface area contributed by atoms with Crippen molar-refractivity contribution in [2.24, 2.45) is 0 Å². The van der Waals surface area contributed by atoms with E-state index in [-0.39, 0.29) is 0 Å². The van der Waals surface area contributed by atoms with Gasteiger partial charge in [-0.2, -0.15) is 0 Å². The quantitative estimate of drug-likeness (QED) is 0.349. The van der Waals surface area contributed by atoms with Crippen LogP contribution in [0.1, 0.15) is 17.0 Å². The molecule has 4 heterocycles. The highest BCUT2D eigenvalue weighted by atomic mass is 16.5. The Balaban J connectivity index is 1.40. The molecule has 0 aliphatic heterocycles. The highest BCUT2D eigenvalue weighted by Crippen LogP contribution is 2.20. The van der Waals surface area contributed by atoms with Crippen molar-refractivity contribution >= 4 is 22.2 Å². The number of methoxy groups -OCH3 is 1. The Morgan fingerprint density at radius 2 is 1.88 bits per heavy atom. The van der Waals surface area contributed by atoms with Crippen molar-refractivity contribution in [3.8, 4) is 5.75 Å². The Kier molecular flexibility index (Phi) is 5.63. The van der Waals surface area contributed by atoms with Crippen LogP contribution in [-0.4, -0.2) is 55.3 Å². The zero-order valence-corrected chi connectivity index (χ0v) is 17.5. The number of hydrogen-bond acceptors (Lipinski definition) is 8. The second kappa shape index (κ2) is 9.03. The molecule has 0 N–H and O–H groups in total. The number of ether oxygens (including phenoxy) is 2. The number of fused-ring (bicyclic) bond motifs is 2. The van der Waals surface area contributed by atoms with E-state index in [1.807, 2.05) is 36.4 Å². The SMILES string of the molecule is COCCOc1cccnc1Cc1cnc2nnn(Cc3ccc4ncccc4c3)c2n1. The third kappa shape index (κ3) is 4.23. The fourth-order valence-electron chi connectivity index (χ4n) is 3.47. The molecule has 0 unspecified atom stereocenters. The number of nitrogens with zero attached hydrogens (tertiary/aromatic N) is 7. The fraction of sp³-hybridized carbons (Fsp3) is 0.217. The second-order valence-corrected chi connectivity index (χ2v) is 7.25. The van der Waals surface area contributed by atoms with Gasteiger partial charge in [-0.3, -0.25) is 9.97 Å². The molecule has 32 heavy (non-hydrogen) atoms. The maximum Gasteiger partial charge on any atom is 0.221 e. The zero-order chi connectivity index (χ0) is 21.8. The molecule has 160 valence electrons. The van der Waals surface area contributed by atoms with Gasteiger partial charge in [0.05, 0.1) is 36.3 Å². The number of aromatic nitrogens is 7. The zero-order valence-electron chi connectivity index (χ0n) is 17.5. The Labute approximate surface area is 184 Å². The average Bonchev–Trinajstić information content (AvgIpc) is 3.22. The fourth-order valence-corrected chi connectivity index (χ4v) is 3.47. The molecule has 0 bridgehead atoms. The molecule has 0 spiro atoms. The van der Waals surface area contributed by atoms with Crippen molar-refractivity contribution in [2.75, 3.05) is 20.3 Å². The third-order valence-electron chi connectivity index (χ3n) is 5.02. The molecular weight excluding hydrogens is 406 g/mol. The highest BCUT2D eigenvalue weighted by molar-refractivity contribution is 5.79. The standard InChI is InChI=1S/C23H21N7O2/c1-31-10-11-32-21-5-3-9-25-20(21)13-18-14-26-22-23(27-18)30(29-28-22)15-16-6-7-19-17(12-16)4-2-8-24-19/h2-9,12,14H,10-11,13,15H2,1H3. The van der Waals surface area contributed by atoms with Gasteiger partial charge in [0, 0.05) is 31.3 Å². The molecule has 0 aliphatic rings. The molecule has 0 radical (unpaired) electrons. The van der Waals surface area contributed by atoms with Crippen molar-refractivity contribution in [1.29, 1.82) is 0 Å². The molecule has 9 heteroatoms. The summed E-state index contributed by atoms with van der Waals surface area (Å²) in [6, 6.07) is 13.9. The van der Waals surface area contributed by atoms with Gasteiger partial charge in [0.1, 0.15) is 12.4 Å². The van der Waals surface area contributed by atoms with Gasteiger partial charge in [-0.1, -0.05) is 17.3 Å². The molecule has 0 saturated heterocycles. The lowest BCUT2D eigenvalue weighted by Gasteiger charge is -2.10. The highest BCUT2D eigenvalue weighted by Gasteiger charge is 2.12. The van der Waals surface area contributed by atoms with Crippen molar-refractivity contribution < 1.29 is 9.47 Å². The molecule has 0 amide bonds. The Morgan fingerprint density at radius 3 is 2.81 bits per heavy atom. The lowest BCUT2D eigenvalue weighted by molar-refractivity contribution is 0.145. The van der Waals surface area contributed by atoms with Crippen LogP contribution in [0.5, 0.6) is 5.75 Å². The molecule has 0 fully saturated rings. The van der Waals surface area contributed by atoms with Gasteiger partial charge in [-0.15, -0.1) is 5.10 Å². The summed E-state index contributed by atoms with van der Waals surface area (Å²) in [7, 11) is 1.64. The first-order valence-electron chi connectivity index (χ1n) is 10.2. The van der Waals surface area contributed by atoms with Gasteiger partial charge < -0.3 is 9.47 Å². The van der Waals surface area contributed by atoms with Gasteiger partial charge >= 0.3 is 0 Å². The first kappa shape index (κ1) is 20.0. The van der Waals surface area contributed by atoms with Crippen LogP contribution < -0.4 is 4.74 Å². The minimum absolute atomic E-state index is 0.456. The van der Waals surface area contributed by atoms with Crippen LogP contribution in [0.15, 0.2) is 61.1 Å². The number of pyridine rings is 2. The van der Waals surface area contributed by atoms with Crippen LogP contribution in [0.3, 0.4) is 0 Å². The maximum atomic E-state index is 5.79. The molecule has 9 nitrogen and oxygen atoms in total. The number of benzene rings is 1. The average molecular weight is 427 g/mol. The van der Waals surface area contributed by atoms with Crippen LogP contribution in [0.2, 0.25) is 0 Å². The Morgan fingerprint density at radius 1 is 0.969 bits per heavy atom. The lowest BCUT2D eigenvalue weighted by atomic mass is 10.1. The second-order valence-electron chi connectivity index (χ2n) is 7.25. The summed E-state index contributed by atoms with van der Waals surface area (Å²) in [4.78, 5) is 18.0. The van der Waals surface area contributed by atoms with E-state index < -0.39 is 0 Å². The molecule has 4 aromatic heterocycles. The monoisotopic (exact) mass is 427 g/mol. The van der Waals surface area contributed by atoms with Crippen LogP contribution >= 0.6 is 0 Å². The Bertz CT molecular complexity index is 1370. The van der Waals surface area contributed by atoms with E-state index in [4.69, 9.17) is 14.5 Å². The molecular formula is C23H21N7O2. The van der Waals surface area contributed by atoms with E-state index in [1.165, 1.54) is 0 Å².